The van der Waals surface area contributed by atoms with Crippen molar-refractivity contribution in [2.45, 2.75) is 0 Å². The summed E-state index contributed by atoms with van der Waals surface area (Å²) in [5, 5.41) is 6.72. The van der Waals surface area contributed by atoms with Crippen molar-refractivity contribution in [3.63, 3.8) is 0 Å². The van der Waals surface area contributed by atoms with E-state index in [9.17, 15) is 0 Å². The van der Waals surface area contributed by atoms with Crippen molar-refractivity contribution in [2.24, 2.45) is 10.1 Å². The predicted octanol–water partition coefficient (Wildman–Crippen LogP) is -0.383. The minimum Gasteiger partial charge on any atom is -0.269 e. The maximum Gasteiger partial charge on any atom is 0.273 e. The third kappa shape index (κ3) is 1.66. The molecular weight excluding hydrogens is 50.8 g/mol. The molecule has 0 aliphatic carbocycles. The second-order valence-corrected chi connectivity index (χ2v) is 0.400. The normalized spacial score (nSPS) is 9.25. The molecule has 0 saturated carbocycles. The molecule has 0 aromatic carbocycles. The first-order valence-corrected chi connectivity index (χ1v) is 1.09. The predicted molar refractivity (Wildman–Crippen MR) is 19.3 cm³/mol. The third-order valence-corrected chi connectivity index (χ3v) is 0.200. The van der Waals surface area contributed by atoms with Gasteiger partial charge in [0.15, 0.2) is 0 Å². The molecule has 0 bridgehead atoms. The Kier molecular flexibility index (Phi) is 2.44. The molecule has 0 heterocycles. The van der Waals surface area contributed by atoms with E-state index in [1.807, 2.05) is 0 Å². The van der Waals surface area contributed by atoms with Crippen molar-refractivity contribution >= 4 is 7.98 Å². The van der Waals surface area contributed by atoms with Crippen LogP contribution in [0.15, 0.2) is 10.1 Å². The molecule has 0 saturated heterocycles. The first kappa shape index (κ1) is 3.66. The summed E-state index contributed by atoms with van der Waals surface area (Å²) in [6, 6.07) is 0. The second-order valence-electron chi connectivity index (χ2n) is 0.400. The molecule has 0 aliphatic heterocycles. The van der Waals surface area contributed by atoms with Gasteiger partial charge in [0.2, 0.25) is 0 Å². The molecule has 0 N–H and O–H groups in total. The van der Waals surface area contributed by atoms with Gasteiger partial charge in [-0.1, -0.05) is 0 Å². The summed E-state index contributed by atoms with van der Waals surface area (Å²) in [6.07, 6.45) is 0. The summed E-state index contributed by atoms with van der Waals surface area (Å²) in [5.74, 6) is 0. The van der Waals surface area contributed by atoms with Crippen LogP contribution in [0.1, 0.15) is 0 Å². The van der Waals surface area contributed by atoms with Crippen LogP contribution >= 0.6 is 0 Å². The zero-order valence-corrected chi connectivity index (χ0v) is 2.89. The third-order valence-electron chi connectivity index (χ3n) is 0.200. The first-order valence-electron chi connectivity index (χ1n) is 1.09. The van der Waals surface area contributed by atoms with E-state index in [2.05, 4.69) is 10.1 Å². The molecule has 3 heteroatoms. The molecule has 0 aromatic heterocycles. The van der Waals surface area contributed by atoms with E-state index in [4.69, 9.17) is 0 Å². The molecule has 22 valence electrons. The van der Waals surface area contributed by atoms with Gasteiger partial charge in [-0.15, -0.1) is 0 Å². The summed E-state index contributed by atoms with van der Waals surface area (Å²) in [6.45, 7) is 0. The lowest BCUT2D eigenvalue weighted by Gasteiger charge is -1.54. The van der Waals surface area contributed by atoms with Crippen LogP contribution < -0.4 is 0 Å². The van der Waals surface area contributed by atoms with E-state index in [-0.39, 0.29) is 0 Å². The Morgan fingerprint density at radius 2 is 2.00 bits per heavy atom. The fraction of sp³-hybridized carbons (Fsp3) is 1.00. The highest BCUT2D eigenvalue weighted by Gasteiger charge is 1.33. The number of nitrogens with zero attached hydrogens (tertiary/aromatic N) is 2. The maximum absolute atomic E-state index is 3.36. The molecule has 0 aliphatic rings. The summed E-state index contributed by atoms with van der Waals surface area (Å²) in [5.41, 5.74) is 0. The van der Waals surface area contributed by atoms with E-state index in [0.29, 0.717) is 0 Å². The zero-order chi connectivity index (χ0) is 3.41. The van der Waals surface area contributed by atoms with Gasteiger partial charge in [0.1, 0.15) is 0 Å². The van der Waals surface area contributed by atoms with Crippen molar-refractivity contribution in [3.8, 4) is 0 Å². The van der Waals surface area contributed by atoms with Crippen molar-refractivity contribution < 1.29 is 0 Å². The van der Waals surface area contributed by atoms with Gasteiger partial charge in [-0.2, -0.15) is 0 Å². The molecule has 0 radical (unpaired) electrons. The summed E-state index contributed by atoms with van der Waals surface area (Å²) < 4.78 is 0. The molecular formula is CH5BN2. The number of hydrogen-bond acceptors (Lipinski definition) is 2. The summed E-state index contributed by atoms with van der Waals surface area (Å²) >= 11 is 0. The van der Waals surface area contributed by atoms with Crippen LogP contribution in [-0.4, -0.2) is 15.0 Å². The maximum atomic E-state index is 3.36. The van der Waals surface area contributed by atoms with E-state index in [0.717, 1.165) is 0 Å². The van der Waals surface area contributed by atoms with Crippen LogP contribution in [0.3, 0.4) is 0 Å². The average molecular weight is 55.9 g/mol. The first-order chi connectivity index (χ1) is 1.91. The fourth-order valence-electron chi connectivity index (χ4n) is 0. The van der Waals surface area contributed by atoms with Crippen LogP contribution in [0.25, 0.3) is 0 Å². The molecule has 2 nitrogen and oxygen atoms in total. The Morgan fingerprint density at radius 3 is 2.00 bits per heavy atom. The smallest absolute Gasteiger partial charge is 0.269 e. The Bertz CT molecular complexity index is 21.2. The quantitative estimate of drug-likeness (QED) is 0.267. The van der Waals surface area contributed by atoms with Crippen LogP contribution in [0, 0.1) is 0 Å². The summed E-state index contributed by atoms with van der Waals surface area (Å²) in [4.78, 5) is 0. The van der Waals surface area contributed by atoms with Gasteiger partial charge in [-0.3, -0.25) is 5.03 Å². The van der Waals surface area contributed by atoms with Crippen molar-refractivity contribution in [2.75, 3.05) is 7.05 Å². The molecule has 0 atom stereocenters. The fourth-order valence-corrected chi connectivity index (χ4v) is 0. The standard InChI is InChI=1S/CH5BN2/c1-3-4-2/h2H2,1H3. The lowest BCUT2D eigenvalue weighted by atomic mass is 10.5. The van der Waals surface area contributed by atoms with Crippen LogP contribution in [0.4, 0.5) is 0 Å². The van der Waals surface area contributed by atoms with Crippen molar-refractivity contribution in [1.82, 2.24) is 0 Å². The second kappa shape index (κ2) is 2.66. The van der Waals surface area contributed by atoms with Gasteiger partial charge in [-0.25, -0.2) is 5.11 Å². The molecule has 0 aromatic rings. The van der Waals surface area contributed by atoms with Gasteiger partial charge in [0.05, 0.1) is 0 Å². The van der Waals surface area contributed by atoms with E-state index in [1.54, 1.807) is 15.0 Å². The van der Waals surface area contributed by atoms with Crippen LogP contribution in [0.5, 0.6) is 0 Å². The van der Waals surface area contributed by atoms with Gasteiger partial charge in [0, 0.05) is 7.05 Å². The van der Waals surface area contributed by atoms with Crippen LogP contribution in [-0.2, 0) is 0 Å². The van der Waals surface area contributed by atoms with Crippen molar-refractivity contribution in [1.29, 1.82) is 0 Å². The molecule has 4 heavy (non-hydrogen) atoms. The summed E-state index contributed by atoms with van der Waals surface area (Å²) in [7, 11) is 3.28. The van der Waals surface area contributed by atoms with Gasteiger partial charge in [0.25, 0.3) is 7.98 Å². The van der Waals surface area contributed by atoms with Gasteiger partial charge in [-0.05, 0) is 0 Å². The minimum atomic E-state index is 1.64. The highest BCUT2D eigenvalue weighted by atomic mass is 15.0. The lowest BCUT2D eigenvalue weighted by molar-refractivity contribution is 1.25. The Hall–Kier alpha value is -0.335. The largest absolute Gasteiger partial charge is 0.273 e. The van der Waals surface area contributed by atoms with Gasteiger partial charge < -0.3 is 0 Å². The van der Waals surface area contributed by atoms with Gasteiger partial charge >= 0.3 is 0 Å². The molecule has 0 unspecified atom stereocenters. The Morgan fingerprint density at radius 1 is 1.75 bits per heavy atom. The molecule has 0 fully saturated rings. The molecule has 0 spiro atoms. The minimum absolute atomic E-state index is 1.64. The lowest BCUT2D eigenvalue weighted by Crippen LogP contribution is -1.42. The highest BCUT2D eigenvalue weighted by molar-refractivity contribution is 6.04. The number of rotatable bonds is 0. The van der Waals surface area contributed by atoms with E-state index >= 15 is 0 Å². The van der Waals surface area contributed by atoms with E-state index in [1.165, 1.54) is 0 Å². The van der Waals surface area contributed by atoms with E-state index < -0.39 is 0 Å². The molecule has 0 amide bonds. The van der Waals surface area contributed by atoms with Crippen molar-refractivity contribution in [3.05, 3.63) is 0 Å². The molecule has 0 rings (SSSR count). The Labute approximate surface area is 26.4 Å². The zero-order valence-electron chi connectivity index (χ0n) is 2.89. The average Bonchev–Trinajstić information content (AvgIpc) is 1.37. The SMILES string of the molecule is BN=NC. The highest BCUT2D eigenvalue weighted by Crippen LogP contribution is 1.46. The van der Waals surface area contributed by atoms with Crippen LogP contribution in [0.2, 0.25) is 0 Å². The topological polar surface area (TPSA) is 24.7 Å². The number of hydrogen-bond donors (Lipinski definition) is 0. The monoisotopic (exact) mass is 56.1 g/mol. The Balaban J connectivity index is 2.55.